The highest BCUT2D eigenvalue weighted by Crippen LogP contribution is 2.38. The largest absolute Gasteiger partial charge is 0.486 e. The number of aromatic nitrogens is 1. The van der Waals surface area contributed by atoms with Crippen molar-refractivity contribution in [2.45, 2.75) is 13.0 Å². The summed E-state index contributed by atoms with van der Waals surface area (Å²) in [5.41, 5.74) is 2.10. The van der Waals surface area contributed by atoms with Crippen LogP contribution < -0.4 is 9.47 Å². The fourth-order valence-electron chi connectivity index (χ4n) is 3.45. The molecule has 1 saturated heterocycles. The van der Waals surface area contributed by atoms with Crippen molar-refractivity contribution in [2.75, 3.05) is 39.4 Å². The predicted octanol–water partition coefficient (Wildman–Crippen LogP) is 2.39. The Balaban J connectivity index is 1.33. The summed E-state index contributed by atoms with van der Waals surface area (Å²) in [6.07, 6.45) is 3.95. The van der Waals surface area contributed by atoms with Crippen LogP contribution in [0.25, 0.3) is 0 Å². The molecule has 7 heteroatoms. The Morgan fingerprint density at radius 3 is 2.56 bits per heavy atom. The minimum Gasteiger partial charge on any atom is -0.486 e. The van der Waals surface area contributed by atoms with Crippen LogP contribution in [-0.2, 0) is 17.8 Å². The van der Waals surface area contributed by atoms with E-state index in [1.807, 2.05) is 35.5 Å². The topological polar surface area (TPSA) is 54.9 Å². The molecule has 0 saturated carbocycles. The SMILES string of the molecule is O=C(Cc1cc(Cl)c2c(c1)OCCO2)N1CCN(Cc2ccncc2)CC1. The van der Waals surface area contributed by atoms with Crippen molar-refractivity contribution in [3.8, 4) is 11.5 Å². The van der Waals surface area contributed by atoms with E-state index in [0.717, 1.165) is 38.3 Å². The van der Waals surface area contributed by atoms with E-state index in [1.54, 1.807) is 6.07 Å². The number of benzene rings is 1. The third-order valence-corrected chi connectivity index (χ3v) is 5.17. The van der Waals surface area contributed by atoms with Gasteiger partial charge in [-0.25, -0.2) is 0 Å². The molecule has 0 atom stereocenters. The third kappa shape index (κ3) is 4.34. The lowest BCUT2D eigenvalue weighted by Crippen LogP contribution is -2.48. The Bertz CT molecular complexity index is 808. The van der Waals surface area contributed by atoms with Crippen molar-refractivity contribution in [1.82, 2.24) is 14.8 Å². The number of amides is 1. The third-order valence-electron chi connectivity index (χ3n) is 4.89. The molecule has 2 aromatic rings. The number of nitrogens with zero attached hydrogens (tertiary/aromatic N) is 3. The van der Waals surface area contributed by atoms with Crippen LogP contribution in [-0.4, -0.2) is 60.1 Å². The van der Waals surface area contributed by atoms with E-state index in [9.17, 15) is 4.79 Å². The van der Waals surface area contributed by atoms with Crippen LogP contribution >= 0.6 is 11.6 Å². The predicted molar refractivity (Wildman–Crippen MR) is 102 cm³/mol. The van der Waals surface area contributed by atoms with Gasteiger partial charge >= 0.3 is 0 Å². The number of ether oxygens (including phenoxy) is 2. The van der Waals surface area contributed by atoms with Gasteiger partial charge in [-0.05, 0) is 35.4 Å². The van der Waals surface area contributed by atoms with Gasteiger partial charge in [-0.1, -0.05) is 11.6 Å². The number of pyridine rings is 1. The summed E-state index contributed by atoms with van der Waals surface area (Å²) < 4.78 is 11.1. The lowest BCUT2D eigenvalue weighted by molar-refractivity contribution is -0.132. The van der Waals surface area contributed by atoms with Gasteiger partial charge in [-0.3, -0.25) is 14.7 Å². The first-order valence-electron chi connectivity index (χ1n) is 9.16. The van der Waals surface area contributed by atoms with E-state index in [0.29, 0.717) is 36.2 Å². The molecule has 3 heterocycles. The second kappa shape index (κ2) is 8.15. The molecular weight excluding hydrogens is 366 g/mol. The molecule has 142 valence electrons. The number of carbonyl (C=O) groups is 1. The average Bonchev–Trinajstić information content (AvgIpc) is 2.69. The first-order chi connectivity index (χ1) is 13.2. The summed E-state index contributed by atoms with van der Waals surface area (Å²) in [6.45, 7) is 5.10. The maximum absolute atomic E-state index is 12.7. The summed E-state index contributed by atoms with van der Waals surface area (Å²) in [4.78, 5) is 21.0. The molecule has 4 rings (SSSR count). The van der Waals surface area contributed by atoms with Gasteiger partial charge in [-0.15, -0.1) is 0 Å². The fraction of sp³-hybridized carbons (Fsp3) is 0.400. The highest BCUT2D eigenvalue weighted by atomic mass is 35.5. The van der Waals surface area contributed by atoms with Crippen LogP contribution in [0.1, 0.15) is 11.1 Å². The number of fused-ring (bicyclic) bond motifs is 1. The minimum absolute atomic E-state index is 0.117. The monoisotopic (exact) mass is 387 g/mol. The van der Waals surface area contributed by atoms with Crippen LogP contribution in [0.3, 0.4) is 0 Å². The van der Waals surface area contributed by atoms with Crippen LogP contribution in [0.2, 0.25) is 5.02 Å². The van der Waals surface area contributed by atoms with Gasteiger partial charge in [0.2, 0.25) is 5.91 Å². The summed E-state index contributed by atoms with van der Waals surface area (Å²) in [5.74, 6) is 1.31. The molecule has 2 aliphatic rings. The van der Waals surface area contributed by atoms with Crippen LogP contribution in [0.4, 0.5) is 0 Å². The van der Waals surface area contributed by atoms with E-state index < -0.39 is 0 Å². The summed E-state index contributed by atoms with van der Waals surface area (Å²) in [7, 11) is 0. The Morgan fingerprint density at radius 1 is 1.04 bits per heavy atom. The molecule has 0 spiro atoms. The smallest absolute Gasteiger partial charge is 0.227 e. The van der Waals surface area contributed by atoms with Crippen LogP contribution in [0, 0.1) is 0 Å². The maximum atomic E-state index is 12.7. The van der Waals surface area contributed by atoms with Gasteiger partial charge in [0.1, 0.15) is 13.2 Å². The number of hydrogen-bond acceptors (Lipinski definition) is 5. The van der Waals surface area contributed by atoms with E-state index >= 15 is 0 Å². The maximum Gasteiger partial charge on any atom is 0.227 e. The standard InChI is InChI=1S/C20H22ClN3O3/c21-17-11-16(12-18-20(17)27-10-9-26-18)13-19(25)24-7-5-23(6-8-24)14-15-1-3-22-4-2-15/h1-4,11-12H,5-10,13-14H2. The molecular formula is C20H22ClN3O3. The summed E-state index contributed by atoms with van der Waals surface area (Å²) in [6, 6.07) is 7.72. The molecule has 0 bridgehead atoms. The molecule has 1 aromatic carbocycles. The molecule has 1 fully saturated rings. The van der Waals surface area contributed by atoms with E-state index in [2.05, 4.69) is 9.88 Å². The molecule has 6 nitrogen and oxygen atoms in total. The number of hydrogen-bond donors (Lipinski definition) is 0. The van der Waals surface area contributed by atoms with E-state index in [4.69, 9.17) is 21.1 Å². The summed E-state index contributed by atoms with van der Waals surface area (Å²) in [5, 5.41) is 0.497. The highest BCUT2D eigenvalue weighted by Gasteiger charge is 2.23. The van der Waals surface area contributed by atoms with Crippen molar-refractivity contribution >= 4 is 17.5 Å². The van der Waals surface area contributed by atoms with Gasteiger partial charge in [-0.2, -0.15) is 0 Å². The zero-order valence-corrected chi connectivity index (χ0v) is 15.8. The van der Waals surface area contributed by atoms with Crippen molar-refractivity contribution in [2.24, 2.45) is 0 Å². The Labute approximate surface area is 163 Å². The normalized spacial score (nSPS) is 17.0. The van der Waals surface area contributed by atoms with Crippen molar-refractivity contribution in [1.29, 1.82) is 0 Å². The molecule has 0 unspecified atom stereocenters. The molecule has 1 amide bonds. The summed E-state index contributed by atoms with van der Waals surface area (Å²) >= 11 is 6.27. The van der Waals surface area contributed by atoms with Crippen LogP contribution in [0.15, 0.2) is 36.7 Å². The second-order valence-electron chi connectivity index (χ2n) is 6.79. The van der Waals surface area contributed by atoms with Crippen LogP contribution in [0.5, 0.6) is 11.5 Å². The van der Waals surface area contributed by atoms with E-state index in [1.165, 1.54) is 5.56 Å². The lowest BCUT2D eigenvalue weighted by Gasteiger charge is -2.35. The quantitative estimate of drug-likeness (QED) is 0.806. The molecule has 0 aliphatic carbocycles. The number of halogens is 1. The second-order valence-corrected chi connectivity index (χ2v) is 7.20. The van der Waals surface area contributed by atoms with Gasteiger partial charge < -0.3 is 14.4 Å². The van der Waals surface area contributed by atoms with Gasteiger partial charge in [0.15, 0.2) is 11.5 Å². The first-order valence-corrected chi connectivity index (χ1v) is 9.54. The lowest BCUT2D eigenvalue weighted by atomic mass is 10.1. The average molecular weight is 388 g/mol. The highest BCUT2D eigenvalue weighted by molar-refractivity contribution is 6.32. The van der Waals surface area contributed by atoms with Crippen molar-refractivity contribution in [3.05, 3.63) is 52.8 Å². The Hall–Kier alpha value is -2.31. The minimum atomic E-state index is 0.117. The Morgan fingerprint density at radius 2 is 1.78 bits per heavy atom. The van der Waals surface area contributed by atoms with Gasteiger partial charge in [0.25, 0.3) is 0 Å². The Kier molecular flexibility index (Phi) is 5.45. The molecule has 1 aromatic heterocycles. The molecule has 0 N–H and O–H groups in total. The molecule has 27 heavy (non-hydrogen) atoms. The first kappa shape index (κ1) is 18.1. The zero-order chi connectivity index (χ0) is 18.6. The molecule has 0 radical (unpaired) electrons. The molecule has 2 aliphatic heterocycles. The van der Waals surface area contributed by atoms with Crippen molar-refractivity contribution < 1.29 is 14.3 Å². The zero-order valence-electron chi connectivity index (χ0n) is 15.1. The van der Waals surface area contributed by atoms with Gasteiger partial charge in [0.05, 0.1) is 11.4 Å². The van der Waals surface area contributed by atoms with E-state index in [-0.39, 0.29) is 5.91 Å². The van der Waals surface area contributed by atoms with Gasteiger partial charge in [0, 0.05) is 45.1 Å². The number of piperazine rings is 1. The fourth-order valence-corrected chi connectivity index (χ4v) is 3.74. The van der Waals surface area contributed by atoms with Crippen molar-refractivity contribution in [3.63, 3.8) is 0 Å². The number of carbonyl (C=O) groups excluding carboxylic acids is 1. The number of rotatable bonds is 4.